The molecule has 0 bridgehead atoms. The van der Waals surface area contributed by atoms with E-state index >= 15 is 0 Å². The second-order valence-corrected chi connectivity index (χ2v) is 8.91. The third-order valence-electron chi connectivity index (χ3n) is 6.69. The zero-order chi connectivity index (χ0) is 24.8. The zero-order valence-electron chi connectivity index (χ0n) is 19.7. The lowest BCUT2D eigenvalue weighted by Crippen LogP contribution is -2.44. The minimum Gasteiger partial charge on any atom is -0.497 e. The van der Waals surface area contributed by atoms with Crippen molar-refractivity contribution < 1.29 is 24.1 Å². The highest BCUT2D eigenvalue weighted by Crippen LogP contribution is 2.33. The number of carbonyl (C=O) groups is 1. The number of methoxy groups -OCH3 is 1. The number of aliphatic hydroxyl groups excluding tert-OH is 1. The first-order valence-electron chi connectivity index (χ1n) is 11.7. The molecular formula is C28H29FN2O4. The van der Waals surface area contributed by atoms with Crippen LogP contribution >= 0.6 is 0 Å². The molecule has 2 N–H and O–H groups in total. The highest BCUT2D eigenvalue weighted by atomic mass is 19.1. The maximum absolute atomic E-state index is 13.0. The van der Waals surface area contributed by atoms with Crippen molar-refractivity contribution in [3.8, 4) is 17.6 Å². The predicted octanol–water partition coefficient (Wildman–Crippen LogP) is 4.27. The largest absolute Gasteiger partial charge is 0.497 e. The Bertz CT molecular complexity index is 1240. The topological polar surface area (TPSA) is 82.9 Å². The lowest BCUT2D eigenvalue weighted by Gasteiger charge is -2.36. The summed E-state index contributed by atoms with van der Waals surface area (Å²) in [6.45, 7) is 1.63. The summed E-state index contributed by atoms with van der Waals surface area (Å²) >= 11 is 0. The van der Waals surface area contributed by atoms with Gasteiger partial charge in [-0.25, -0.2) is 4.39 Å². The predicted molar refractivity (Wildman–Crippen MR) is 131 cm³/mol. The van der Waals surface area contributed by atoms with Gasteiger partial charge in [-0.2, -0.15) is 0 Å². The Balaban J connectivity index is 1.37. The quantitative estimate of drug-likeness (QED) is 0.496. The van der Waals surface area contributed by atoms with Crippen molar-refractivity contribution in [1.82, 2.24) is 9.88 Å². The average molecular weight is 477 g/mol. The number of aliphatic hydroxyl groups is 1. The van der Waals surface area contributed by atoms with E-state index < -0.39 is 18.0 Å². The van der Waals surface area contributed by atoms with Gasteiger partial charge in [-0.3, -0.25) is 14.7 Å². The lowest BCUT2D eigenvalue weighted by atomic mass is 9.81. The molecule has 182 valence electrons. The molecule has 0 unspecified atom stereocenters. The van der Waals surface area contributed by atoms with Gasteiger partial charge in [0, 0.05) is 23.7 Å². The fourth-order valence-electron chi connectivity index (χ4n) is 4.72. The van der Waals surface area contributed by atoms with Gasteiger partial charge in [0.2, 0.25) is 0 Å². The molecule has 0 aliphatic carbocycles. The summed E-state index contributed by atoms with van der Waals surface area (Å²) in [4.78, 5) is 18.4. The van der Waals surface area contributed by atoms with Gasteiger partial charge in [-0.05, 0) is 85.8 Å². The first-order valence-corrected chi connectivity index (χ1v) is 11.7. The number of ether oxygens (including phenoxy) is 1. The molecule has 1 aliphatic heterocycles. The van der Waals surface area contributed by atoms with Crippen molar-refractivity contribution in [3.05, 3.63) is 71.7 Å². The maximum atomic E-state index is 13.0. The van der Waals surface area contributed by atoms with Crippen LogP contribution in [0, 0.1) is 29.5 Å². The highest BCUT2D eigenvalue weighted by molar-refractivity contribution is 5.83. The number of hydrogen-bond donors (Lipinski definition) is 2. The number of aromatic nitrogens is 1. The van der Waals surface area contributed by atoms with Crippen molar-refractivity contribution in [3.63, 3.8) is 0 Å². The summed E-state index contributed by atoms with van der Waals surface area (Å²) in [6, 6.07) is 13.4. The Kier molecular flexibility index (Phi) is 7.96. The number of halogens is 1. The Hall–Kier alpha value is -3.47. The molecule has 4 rings (SSSR count). The van der Waals surface area contributed by atoms with Gasteiger partial charge in [0.1, 0.15) is 11.6 Å². The fourth-order valence-corrected chi connectivity index (χ4v) is 4.72. The number of aliphatic carboxylic acids is 1. The van der Waals surface area contributed by atoms with Crippen LogP contribution in [0.4, 0.5) is 4.39 Å². The van der Waals surface area contributed by atoms with Crippen molar-refractivity contribution in [2.75, 3.05) is 26.7 Å². The summed E-state index contributed by atoms with van der Waals surface area (Å²) < 4.78 is 18.3. The maximum Gasteiger partial charge on any atom is 0.308 e. The summed E-state index contributed by atoms with van der Waals surface area (Å²) in [6.07, 6.45) is 2.77. The SMILES string of the molecule is COc1ccc2nccc([C@@H](O)CC[C@@H]3CCN(CC#Cc4ccc(F)cc4)C[C@@H]3C(=O)O)c2c1. The number of piperidine rings is 1. The van der Waals surface area contributed by atoms with Crippen LogP contribution in [0.2, 0.25) is 0 Å². The zero-order valence-corrected chi connectivity index (χ0v) is 19.7. The van der Waals surface area contributed by atoms with Crippen LogP contribution in [0.25, 0.3) is 10.9 Å². The standard InChI is InChI=1S/C28H29FN2O4/c1-35-22-9-10-26-24(17-22)23(12-14-30-26)27(32)11-6-20-13-16-31(18-25(20)28(33)34)15-2-3-19-4-7-21(29)8-5-19/h4-5,7-10,12,14,17,20,25,27,32H,6,11,13,15-16,18H2,1H3,(H,33,34)/t20-,25+,27+/m1/s1. The Labute approximate surface area is 204 Å². The average Bonchev–Trinajstić information content (AvgIpc) is 2.88. The molecule has 0 radical (unpaired) electrons. The number of carboxylic acid groups (broad SMARTS) is 1. The van der Waals surface area contributed by atoms with Crippen LogP contribution in [0.1, 0.15) is 36.5 Å². The van der Waals surface area contributed by atoms with E-state index in [1.807, 2.05) is 29.2 Å². The molecule has 3 atom stereocenters. The molecular weight excluding hydrogens is 447 g/mol. The number of benzene rings is 2. The summed E-state index contributed by atoms with van der Waals surface area (Å²) in [7, 11) is 1.60. The number of carboxylic acids is 1. The molecule has 6 nitrogen and oxygen atoms in total. The lowest BCUT2D eigenvalue weighted by molar-refractivity contribution is -0.146. The fraction of sp³-hybridized carbons (Fsp3) is 0.357. The molecule has 1 aliphatic rings. The van der Waals surface area contributed by atoms with Gasteiger partial charge in [0.25, 0.3) is 0 Å². The smallest absolute Gasteiger partial charge is 0.308 e. The minimum atomic E-state index is -0.820. The summed E-state index contributed by atoms with van der Waals surface area (Å²) in [5, 5.41) is 21.7. The number of nitrogens with zero attached hydrogens (tertiary/aromatic N) is 2. The van der Waals surface area contributed by atoms with E-state index in [0.29, 0.717) is 31.7 Å². The Morgan fingerprint density at radius 1 is 1.26 bits per heavy atom. The monoisotopic (exact) mass is 476 g/mol. The first kappa shape index (κ1) is 24.6. The van der Waals surface area contributed by atoms with Crippen LogP contribution in [0.3, 0.4) is 0 Å². The van der Waals surface area contributed by atoms with Crippen LogP contribution in [0.15, 0.2) is 54.7 Å². The van der Waals surface area contributed by atoms with Crippen molar-refractivity contribution >= 4 is 16.9 Å². The van der Waals surface area contributed by atoms with Crippen LogP contribution < -0.4 is 4.74 Å². The molecule has 1 fully saturated rings. The van der Waals surface area contributed by atoms with Gasteiger partial charge < -0.3 is 14.9 Å². The van der Waals surface area contributed by atoms with Gasteiger partial charge >= 0.3 is 5.97 Å². The number of likely N-dealkylation sites (tertiary alicyclic amines) is 1. The molecule has 1 saturated heterocycles. The molecule has 3 aromatic rings. The molecule has 0 spiro atoms. The van der Waals surface area contributed by atoms with Crippen LogP contribution in [0.5, 0.6) is 5.75 Å². The van der Waals surface area contributed by atoms with Crippen LogP contribution in [-0.4, -0.2) is 52.8 Å². The van der Waals surface area contributed by atoms with E-state index in [4.69, 9.17) is 4.74 Å². The number of fused-ring (bicyclic) bond motifs is 1. The van der Waals surface area contributed by atoms with E-state index in [-0.39, 0.29) is 11.7 Å². The van der Waals surface area contributed by atoms with Gasteiger partial charge in [-0.15, -0.1) is 0 Å². The Morgan fingerprint density at radius 2 is 2.06 bits per heavy atom. The van der Waals surface area contributed by atoms with E-state index in [9.17, 15) is 19.4 Å². The number of pyridine rings is 1. The van der Waals surface area contributed by atoms with E-state index in [0.717, 1.165) is 35.0 Å². The molecule has 2 aromatic carbocycles. The summed E-state index contributed by atoms with van der Waals surface area (Å²) in [5.74, 6) is 5.10. The summed E-state index contributed by atoms with van der Waals surface area (Å²) in [5.41, 5.74) is 2.28. The molecule has 0 saturated carbocycles. The molecule has 7 heteroatoms. The van der Waals surface area contributed by atoms with E-state index in [1.165, 1.54) is 12.1 Å². The van der Waals surface area contributed by atoms with E-state index in [1.54, 1.807) is 25.4 Å². The third-order valence-corrected chi connectivity index (χ3v) is 6.69. The highest BCUT2D eigenvalue weighted by Gasteiger charge is 2.34. The molecule has 0 amide bonds. The second-order valence-electron chi connectivity index (χ2n) is 8.91. The van der Waals surface area contributed by atoms with Crippen LogP contribution in [-0.2, 0) is 4.79 Å². The number of hydrogen-bond acceptors (Lipinski definition) is 5. The van der Waals surface area contributed by atoms with Gasteiger partial charge in [-0.1, -0.05) is 11.8 Å². The van der Waals surface area contributed by atoms with Gasteiger partial charge in [0.15, 0.2) is 0 Å². The number of rotatable bonds is 7. The molecule has 35 heavy (non-hydrogen) atoms. The first-order chi connectivity index (χ1) is 16.9. The third kappa shape index (κ3) is 6.16. The Morgan fingerprint density at radius 3 is 2.80 bits per heavy atom. The van der Waals surface area contributed by atoms with Gasteiger partial charge in [0.05, 0.1) is 31.2 Å². The normalized spacial score (nSPS) is 19.1. The van der Waals surface area contributed by atoms with Crippen molar-refractivity contribution in [2.24, 2.45) is 11.8 Å². The van der Waals surface area contributed by atoms with E-state index in [2.05, 4.69) is 16.8 Å². The second kappa shape index (κ2) is 11.3. The van der Waals surface area contributed by atoms with Crippen molar-refractivity contribution in [2.45, 2.75) is 25.4 Å². The molecule has 1 aromatic heterocycles. The molecule has 2 heterocycles. The minimum absolute atomic E-state index is 0.0221. The van der Waals surface area contributed by atoms with Crippen molar-refractivity contribution in [1.29, 1.82) is 0 Å².